The van der Waals surface area contributed by atoms with Gasteiger partial charge in [0.05, 0.1) is 11.1 Å². The summed E-state index contributed by atoms with van der Waals surface area (Å²) in [4.78, 5) is 4.91. The Balaban J connectivity index is 2.09. The van der Waals surface area contributed by atoms with Crippen LogP contribution in [-0.2, 0) is 6.42 Å². The van der Waals surface area contributed by atoms with Gasteiger partial charge < -0.3 is 0 Å². The summed E-state index contributed by atoms with van der Waals surface area (Å²) in [5, 5.41) is 1.25. The Morgan fingerprint density at radius 1 is 1.41 bits per heavy atom. The first kappa shape index (κ1) is 11.8. The highest BCUT2D eigenvalue weighted by molar-refractivity contribution is 9.10. The zero-order valence-electron chi connectivity index (χ0n) is 9.95. The molecule has 1 aliphatic carbocycles. The van der Waals surface area contributed by atoms with Gasteiger partial charge >= 0.3 is 0 Å². The highest BCUT2D eigenvalue weighted by atomic mass is 79.9. The van der Waals surface area contributed by atoms with E-state index in [1.54, 1.807) is 0 Å². The lowest BCUT2D eigenvalue weighted by atomic mass is 9.92. The molecule has 0 aromatic heterocycles. The zero-order valence-corrected chi connectivity index (χ0v) is 12.4. The third-order valence-corrected chi connectivity index (χ3v) is 5.33. The maximum atomic E-state index is 4.91. The van der Waals surface area contributed by atoms with E-state index < -0.39 is 0 Å². The molecule has 1 aromatic carbocycles. The third-order valence-electron chi connectivity index (χ3n) is 3.72. The molecule has 17 heavy (non-hydrogen) atoms. The molecule has 0 amide bonds. The van der Waals surface area contributed by atoms with E-state index in [1.165, 1.54) is 45.7 Å². The van der Waals surface area contributed by atoms with Crippen molar-refractivity contribution < 1.29 is 0 Å². The van der Waals surface area contributed by atoms with E-state index in [2.05, 4.69) is 41.1 Å². The van der Waals surface area contributed by atoms with E-state index in [0.29, 0.717) is 6.04 Å². The summed E-state index contributed by atoms with van der Waals surface area (Å²) in [5.41, 5.74) is 2.96. The van der Waals surface area contributed by atoms with Gasteiger partial charge in [0.25, 0.3) is 0 Å². The first-order valence-corrected chi connectivity index (χ1v) is 7.97. The van der Waals surface area contributed by atoms with Crippen molar-refractivity contribution in [3.8, 4) is 0 Å². The Bertz CT molecular complexity index is 469. The normalized spacial score (nSPS) is 27.8. The molecule has 2 aliphatic rings. The Kier molecular flexibility index (Phi) is 3.31. The lowest BCUT2D eigenvalue weighted by molar-refractivity contribution is 0.448. The Labute approximate surface area is 115 Å². The number of hydrogen-bond acceptors (Lipinski definition) is 2. The Hall–Kier alpha value is -0.280. The summed E-state index contributed by atoms with van der Waals surface area (Å²) in [6.45, 7) is 2.14. The average Bonchev–Trinajstić information content (AvgIpc) is 2.48. The molecule has 1 heterocycles. The summed E-state index contributed by atoms with van der Waals surface area (Å²) in [6, 6.07) is 7.12. The van der Waals surface area contributed by atoms with Crippen molar-refractivity contribution in [1.29, 1.82) is 0 Å². The number of aryl methyl sites for hydroxylation is 1. The molecular weight excluding hydrogens is 294 g/mol. The van der Waals surface area contributed by atoms with Crippen LogP contribution in [0.2, 0.25) is 0 Å². The molecule has 0 unspecified atom stereocenters. The van der Waals surface area contributed by atoms with Crippen molar-refractivity contribution in [3.63, 3.8) is 0 Å². The van der Waals surface area contributed by atoms with Crippen LogP contribution in [0, 0.1) is 5.92 Å². The highest BCUT2D eigenvalue weighted by Gasteiger charge is 2.30. The lowest BCUT2D eigenvalue weighted by Crippen LogP contribution is -2.19. The van der Waals surface area contributed by atoms with Gasteiger partial charge in [0.1, 0.15) is 0 Å². The molecule has 0 bridgehead atoms. The van der Waals surface area contributed by atoms with Crippen molar-refractivity contribution in [2.75, 3.05) is 5.75 Å². The minimum absolute atomic E-state index is 0.409. The molecule has 0 spiro atoms. The number of aliphatic imine (C=N–C) groups is 1. The zero-order chi connectivity index (χ0) is 11.8. The molecule has 90 valence electrons. The standard InChI is InChI=1S/C14H16BrNS/c1-9-16-14-11(8-17-9)4-2-3-10-5-6-12(15)7-13(10)14/h5-7,11,14H,2-4,8H2,1H3/t11-,14+/m1/s1. The van der Waals surface area contributed by atoms with E-state index in [-0.39, 0.29) is 0 Å². The summed E-state index contributed by atoms with van der Waals surface area (Å²) >= 11 is 5.52. The van der Waals surface area contributed by atoms with Crippen LogP contribution in [-0.4, -0.2) is 10.8 Å². The topological polar surface area (TPSA) is 12.4 Å². The number of fused-ring (bicyclic) bond motifs is 3. The second kappa shape index (κ2) is 4.77. The fourth-order valence-corrected chi connectivity index (χ4v) is 4.22. The van der Waals surface area contributed by atoms with Gasteiger partial charge in [-0.05, 0) is 55.4 Å². The smallest absolute Gasteiger partial charge is 0.0797 e. The molecule has 0 N–H and O–H groups in total. The van der Waals surface area contributed by atoms with E-state index in [4.69, 9.17) is 4.99 Å². The minimum Gasteiger partial charge on any atom is -0.275 e. The molecule has 0 fully saturated rings. The summed E-state index contributed by atoms with van der Waals surface area (Å²) in [5.74, 6) is 1.98. The number of thioether (sulfide) groups is 1. The molecule has 3 heteroatoms. The number of benzene rings is 1. The Morgan fingerprint density at radius 3 is 3.18 bits per heavy atom. The lowest BCUT2D eigenvalue weighted by Gasteiger charge is -2.27. The fraction of sp³-hybridized carbons (Fsp3) is 0.500. The summed E-state index contributed by atoms with van der Waals surface area (Å²) in [7, 11) is 0. The van der Waals surface area contributed by atoms with Crippen molar-refractivity contribution in [2.45, 2.75) is 32.2 Å². The summed E-state index contributed by atoms with van der Waals surface area (Å²) in [6.07, 6.45) is 3.85. The molecule has 3 rings (SSSR count). The van der Waals surface area contributed by atoms with Crippen LogP contribution in [0.4, 0.5) is 0 Å². The summed E-state index contributed by atoms with van der Waals surface area (Å²) < 4.78 is 1.18. The maximum absolute atomic E-state index is 4.91. The first-order chi connectivity index (χ1) is 8.24. The van der Waals surface area contributed by atoms with Crippen LogP contribution in [0.15, 0.2) is 27.7 Å². The van der Waals surface area contributed by atoms with Crippen LogP contribution >= 0.6 is 27.7 Å². The van der Waals surface area contributed by atoms with Gasteiger partial charge in [0, 0.05) is 10.2 Å². The average molecular weight is 310 g/mol. The predicted molar refractivity (Wildman–Crippen MR) is 78.9 cm³/mol. The highest BCUT2D eigenvalue weighted by Crippen LogP contribution is 2.42. The molecule has 0 radical (unpaired) electrons. The van der Waals surface area contributed by atoms with Crippen molar-refractivity contribution in [1.82, 2.24) is 0 Å². The molecule has 2 atom stereocenters. The van der Waals surface area contributed by atoms with E-state index >= 15 is 0 Å². The van der Waals surface area contributed by atoms with Gasteiger partial charge in [-0.1, -0.05) is 22.0 Å². The minimum atomic E-state index is 0.409. The van der Waals surface area contributed by atoms with E-state index in [0.717, 1.165) is 5.92 Å². The second-order valence-electron chi connectivity index (χ2n) is 4.90. The number of nitrogens with zero attached hydrogens (tertiary/aromatic N) is 1. The fourth-order valence-electron chi connectivity index (χ4n) is 2.85. The van der Waals surface area contributed by atoms with Gasteiger partial charge in [-0.3, -0.25) is 4.99 Å². The monoisotopic (exact) mass is 309 g/mol. The van der Waals surface area contributed by atoms with Crippen LogP contribution in [0.1, 0.15) is 36.9 Å². The van der Waals surface area contributed by atoms with Crippen LogP contribution in [0.5, 0.6) is 0 Å². The quantitative estimate of drug-likeness (QED) is 0.682. The SMILES string of the molecule is CC1=N[C@@H]2c3cc(Br)ccc3CCC[C@@H]2CS1. The van der Waals surface area contributed by atoms with Crippen LogP contribution in [0.3, 0.4) is 0 Å². The van der Waals surface area contributed by atoms with Crippen LogP contribution in [0.25, 0.3) is 0 Å². The largest absolute Gasteiger partial charge is 0.275 e. The van der Waals surface area contributed by atoms with E-state index in [1.807, 2.05) is 11.8 Å². The van der Waals surface area contributed by atoms with Crippen molar-refractivity contribution in [3.05, 3.63) is 33.8 Å². The Morgan fingerprint density at radius 2 is 2.29 bits per heavy atom. The number of hydrogen-bond donors (Lipinski definition) is 0. The van der Waals surface area contributed by atoms with Gasteiger partial charge in [0.15, 0.2) is 0 Å². The van der Waals surface area contributed by atoms with Gasteiger partial charge in [0.2, 0.25) is 0 Å². The van der Waals surface area contributed by atoms with Crippen LogP contribution < -0.4 is 0 Å². The first-order valence-electron chi connectivity index (χ1n) is 6.19. The molecule has 1 nitrogen and oxygen atoms in total. The molecule has 0 saturated heterocycles. The molecule has 0 saturated carbocycles. The molecular formula is C14H16BrNS. The maximum Gasteiger partial charge on any atom is 0.0797 e. The van der Waals surface area contributed by atoms with Crippen molar-refractivity contribution >= 4 is 32.7 Å². The molecule has 1 aromatic rings. The van der Waals surface area contributed by atoms with Gasteiger partial charge in [-0.2, -0.15) is 0 Å². The number of halogens is 1. The number of rotatable bonds is 0. The molecule has 1 aliphatic heterocycles. The third kappa shape index (κ3) is 2.32. The van der Waals surface area contributed by atoms with E-state index in [9.17, 15) is 0 Å². The van der Waals surface area contributed by atoms with Crippen molar-refractivity contribution in [2.24, 2.45) is 10.9 Å². The second-order valence-corrected chi connectivity index (χ2v) is 7.03. The predicted octanol–water partition coefficient (Wildman–Crippen LogP) is 4.61. The van der Waals surface area contributed by atoms with Gasteiger partial charge in [-0.25, -0.2) is 0 Å². The van der Waals surface area contributed by atoms with Gasteiger partial charge in [-0.15, -0.1) is 11.8 Å².